The zero-order valence-electron chi connectivity index (χ0n) is 13.0. The normalized spacial score (nSPS) is 19.3. The summed E-state index contributed by atoms with van der Waals surface area (Å²) in [6.45, 7) is 1.60. The number of benzene rings is 2. The lowest BCUT2D eigenvalue weighted by atomic mass is 9.92. The molecule has 2 aromatic carbocycles. The smallest absolute Gasteiger partial charge is 0.322 e. The Morgan fingerprint density at radius 1 is 1.20 bits per heavy atom. The number of carbonyl (C=O) groups excluding carboxylic acids is 3. The van der Waals surface area contributed by atoms with Crippen LogP contribution in [0.4, 0.5) is 10.5 Å². The molecule has 1 aliphatic heterocycles. The number of hydrogen-bond acceptors (Lipinski definition) is 3. The fourth-order valence-corrected chi connectivity index (χ4v) is 3.09. The number of amides is 4. The molecule has 0 bridgehead atoms. The van der Waals surface area contributed by atoms with Gasteiger partial charge in [0.15, 0.2) is 0 Å². The Hall–Kier alpha value is -2.38. The number of imide groups is 1. The predicted octanol–water partition coefficient (Wildman–Crippen LogP) is 3.41. The summed E-state index contributed by atoms with van der Waals surface area (Å²) < 4.78 is 0.730. The first-order valence-electron chi connectivity index (χ1n) is 7.30. The number of urea groups is 1. The van der Waals surface area contributed by atoms with Gasteiger partial charge in [0.1, 0.15) is 5.54 Å². The van der Waals surface area contributed by atoms with Gasteiger partial charge in [0.05, 0.1) is 10.6 Å². The van der Waals surface area contributed by atoms with Crippen LogP contribution in [-0.2, 0) is 10.3 Å². The molecular weight excluding hydrogens is 410 g/mol. The van der Waals surface area contributed by atoms with E-state index in [1.807, 2.05) is 0 Å². The third kappa shape index (κ3) is 3.38. The van der Waals surface area contributed by atoms with Crippen LogP contribution in [0.25, 0.3) is 0 Å². The van der Waals surface area contributed by atoms with Crippen LogP contribution in [0, 0.1) is 0 Å². The van der Waals surface area contributed by atoms with Crippen molar-refractivity contribution in [2.75, 3.05) is 5.32 Å². The fourth-order valence-electron chi connectivity index (χ4n) is 2.52. The number of nitrogens with one attached hydrogen (secondary N) is 3. The maximum absolute atomic E-state index is 12.5. The second-order valence-electron chi connectivity index (χ2n) is 5.69. The number of anilines is 1. The molecule has 0 unspecified atom stereocenters. The van der Waals surface area contributed by atoms with Crippen molar-refractivity contribution < 1.29 is 14.4 Å². The highest BCUT2D eigenvalue weighted by Crippen LogP contribution is 2.27. The summed E-state index contributed by atoms with van der Waals surface area (Å²) in [6, 6.07) is 11.1. The summed E-state index contributed by atoms with van der Waals surface area (Å²) in [5, 5.41) is 7.86. The van der Waals surface area contributed by atoms with Crippen LogP contribution in [-0.4, -0.2) is 17.8 Å². The molecule has 0 spiro atoms. The van der Waals surface area contributed by atoms with Crippen LogP contribution in [0.3, 0.4) is 0 Å². The van der Waals surface area contributed by atoms with E-state index in [2.05, 4.69) is 31.9 Å². The average Bonchev–Trinajstić information content (AvgIpc) is 2.83. The Kier molecular flexibility index (Phi) is 4.53. The maximum atomic E-state index is 12.5. The van der Waals surface area contributed by atoms with Gasteiger partial charge in [-0.25, -0.2) is 4.79 Å². The van der Waals surface area contributed by atoms with Crippen LogP contribution in [0.15, 0.2) is 46.9 Å². The molecule has 128 valence electrons. The summed E-state index contributed by atoms with van der Waals surface area (Å²) >= 11 is 9.37. The summed E-state index contributed by atoms with van der Waals surface area (Å²) in [4.78, 5) is 35.9. The summed E-state index contributed by atoms with van der Waals surface area (Å²) in [5.74, 6) is -0.829. The van der Waals surface area contributed by atoms with E-state index in [0.717, 1.165) is 4.47 Å². The van der Waals surface area contributed by atoms with Gasteiger partial charge in [-0.3, -0.25) is 14.9 Å². The second-order valence-corrected chi connectivity index (χ2v) is 7.02. The Morgan fingerprint density at radius 3 is 2.64 bits per heavy atom. The molecule has 1 atom stereocenters. The molecule has 3 rings (SSSR count). The van der Waals surface area contributed by atoms with Crippen molar-refractivity contribution >= 4 is 51.1 Å². The van der Waals surface area contributed by atoms with Crippen LogP contribution in [0.1, 0.15) is 22.8 Å². The Morgan fingerprint density at radius 2 is 1.96 bits per heavy atom. The SMILES string of the molecule is C[C@@]1(c2cccc(NC(=O)c3cc(Br)ccc3Cl)c2)NC(=O)NC1=O. The minimum atomic E-state index is -1.19. The summed E-state index contributed by atoms with van der Waals surface area (Å²) in [6.07, 6.45) is 0. The molecule has 0 radical (unpaired) electrons. The van der Waals surface area contributed by atoms with Crippen LogP contribution >= 0.6 is 27.5 Å². The largest absolute Gasteiger partial charge is 0.322 e. The first-order chi connectivity index (χ1) is 11.8. The topological polar surface area (TPSA) is 87.3 Å². The highest BCUT2D eigenvalue weighted by atomic mass is 79.9. The third-order valence-corrected chi connectivity index (χ3v) is 4.74. The fraction of sp³-hybridized carbons (Fsp3) is 0.118. The number of halogens is 2. The van der Waals surface area contributed by atoms with Crippen molar-refractivity contribution in [3.05, 3.63) is 63.1 Å². The van der Waals surface area contributed by atoms with Gasteiger partial charge in [-0.1, -0.05) is 39.7 Å². The summed E-state index contributed by atoms with van der Waals surface area (Å²) in [7, 11) is 0. The molecule has 6 nitrogen and oxygen atoms in total. The molecule has 0 aliphatic carbocycles. The minimum Gasteiger partial charge on any atom is -0.322 e. The molecule has 8 heteroatoms. The molecule has 1 aliphatic rings. The van der Waals surface area contributed by atoms with Gasteiger partial charge in [0.2, 0.25) is 0 Å². The minimum absolute atomic E-state index is 0.319. The molecule has 3 N–H and O–H groups in total. The number of hydrogen-bond donors (Lipinski definition) is 3. The van der Waals surface area contributed by atoms with E-state index in [1.165, 1.54) is 0 Å². The van der Waals surface area contributed by atoms with Gasteiger partial charge < -0.3 is 10.6 Å². The Bertz CT molecular complexity index is 902. The van der Waals surface area contributed by atoms with Gasteiger partial charge >= 0.3 is 6.03 Å². The molecule has 2 aromatic rings. The maximum Gasteiger partial charge on any atom is 0.322 e. The Balaban J connectivity index is 1.87. The van der Waals surface area contributed by atoms with E-state index in [9.17, 15) is 14.4 Å². The van der Waals surface area contributed by atoms with Gasteiger partial charge in [-0.15, -0.1) is 0 Å². The molecule has 0 aromatic heterocycles. The number of carbonyl (C=O) groups is 3. The van der Waals surface area contributed by atoms with E-state index in [-0.39, 0.29) is 5.91 Å². The van der Waals surface area contributed by atoms with E-state index in [0.29, 0.717) is 21.8 Å². The van der Waals surface area contributed by atoms with Crippen molar-refractivity contribution in [3.8, 4) is 0 Å². The van der Waals surface area contributed by atoms with Crippen LogP contribution in [0.2, 0.25) is 5.02 Å². The van der Waals surface area contributed by atoms with Crippen molar-refractivity contribution in [1.82, 2.24) is 10.6 Å². The quantitative estimate of drug-likeness (QED) is 0.663. The standard InChI is InChI=1S/C17H13BrClN3O3/c1-17(15(24)21-16(25)22-17)9-3-2-4-11(7-9)20-14(23)12-8-10(18)5-6-13(12)19/h2-8H,1H3,(H,20,23)(H2,21,22,24,25)/t17-/m0/s1. The second kappa shape index (κ2) is 6.50. The van der Waals surface area contributed by atoms with Crippen LogP contribution in [0.5, 0.6) is 0 Å². The van der Waals surface area contributed by atoms with E-state index in [4.69, 9.17) is 11.6 Å². The molecule has 0 saturated carbocycles. The van der Waals surface area contributed by atoms with Crippen molar-refractivity contribution in [3.63, 3.8) is 0 Å². The molecule has 1 fully saturated rings. The molecule has 25 heavy (non-hydrogen) atoms. The predicted molar refractivity (Wildman–Crippen MR) is 97.6 cm³/mol. The zero-order valence-corrected chi connectivity index (χ0v) is 15.4. The summed E-state index contributed by atoms with van der Waals surface area (Å²) in [5.41, 5.74) is 0.160. The van der Waals surface area contributed by atoms with Gasteiger partial charge in [0.25, 0.3) is 11.8 Å². The number of rotatable bonds is 3. The Labute approximate surface area is 157 Å². The third-order valence-electron chi connectivity index (χ3n) is 3.92. The lowest BCUT2D eigenvalue weighted by Gasteiger charge is -2.21. The lowest BCUT2D eigenvalue weighted by molar-refractivity contribution is -0.123. The first kappa shape index (κ1) is 17.4. The highest BCUT2D eigenvalue weighted by Gasteiger charge is 2.43. The first-order valence-corrected chi connectivity index (χ1v) is 8.47. The van der Waals surface area contributed by atoms with Gasteiger partial charge in [0, 0.05) is 10.2 Å². The zero-order chi connectivity index (χ0) is 18.2. The molecule has 1 heterocycles. The van der Waals surface area contributed by atoms with Crippen molar-refractivity contribution in [2.24, 2.45) is 0 Å². The van der Waals surface area contributed by atoms with E-state index >= 15 is 0 Å². The highest BCUT2D eigenvalue weighted by molar-refractivity contribution is 9.10. The molecular formula is C17H13BrClN3O3. The van der Waals surface area contributed by atoms with Gasteiger partial charge in [-0.05, 0) is 42.8 Å². The van der Waals surface area contributed by atoms with Gasteiger partial charge in [-0.2, -0.15) is 0 Å². The monoisotopic (exact) mass is 421 g/mol. The van der Waals surface area contributed by atoms with E-state index < -0.39 is 17.5 Å². The molecule has 1 saturated heterocycles. The van der Waals surface area contributed by atoms with E-state index in [1.54, 1.807) is 49.4 Å². The van der Waals surface area contributed by atoms with Crippen molar-refractivity contribution in [1.29, 1.82) is 0 Å². The van der Waals surface area contributed by atoms with Crippen molar-refractivity contribution in [2.45, 2.75) is 12.5 Å². The van der Waals surface area contributed by atoms with Crippen LogP contribution < -0.4 is 16.0 Å². The molecule has 4 amide bonds. The lowest BCUT2D eigenvalue weighted by Crippen LogP contribution is -2.40. The average molecular weight is 423 g/mol.